The van der Waals surface area contributed by atoms with Crippen LogP contribution in [0.4, 0.5) is 11.4 Å². The van der Waals surface area contributed by atoms with Crippen molar-refractivity contribution >= 4 is 22.3 Å². The summed E-state index contributed by atoms with van der Waals surface area (Å²) >= 11 is 0. The van der Waals surface area contributed by atoms with Crippen LogP contribution in [0.1, 0.15) is 6.92 Å². The molecule has 1 aromatic heterocycles. The van der Waals surface area contributed by atoms with Crippen LogP contribution in [0.15, 0.2) is 30.5 Å². The molecule has 100 valence electrons. The monoisotopic (exact) mass is 261 g/mol. The number of rotatable bonds is 5. The Hall–Kier alpha value is -2.21. The van der Waals surface area contributed by atoms with Crippen molar-refractivity contribution < 1.29 is 10.0 Å². The zero-order chi connectivity index (χ0) is 13.8. The highest BCUT2D eigenvalue weighted by molar-refractivity contribution is 5.97. The van der Waals surface area contributed by atoms with Gasteiger partial charge in [-0.1, -0.05) is 0 Å². The van der Waals surface area contributed by atoms with Gasteiger partial charge in [0.1, 0.15) is 5.52 Å². The Labute approximate surface area is 110 Å². The van der Waals surface area contributed by atoms with Gasteiger partial charge in [-0.15, -0.1) is 0 Å². The average molecular weight is 261 g/mol. The maximum atomic E-state index is 11.0. The molecule has 0 aliphatic heterocycles. The highest BCUT2D eigenvalue weighted by Gasteiger charge is 2.17. The largest absolute Gasteiger partial charge is 0.395 e. The van der Waals surface area contributed by atoms with Gasteiger partial charge >= 0.3 is 0 Å². The minimum absolute atomic E-state index is 0.0269. The first-order valence-electron chi connectivity index (χ1n) is 6.07. The summed E-state index contributed by atoms with van der Waals surface area (Å²) in [6, 6.07) is 6.55. The van der Waals surface area contributed by atoms with Gasteiger partial charge in [0, 0.05) is 25.4 Å². The molecule has 0 aliphatic carbocycles. The van der Waals surface area contributed by atoms with Crippen LogP contribution in [0.2, 0.25) is 0 Å². The van der Waals surface area contributed by atoms with Crippen molar-refractivity contribution in [3.63, 3.8) is 0 Å². The first kappa shape index (κ1) is 13.2. The van der Waals surface area contributed by atoms with Crippen LogP contribution in [0.3, 0.4) is 0 Å². The molecule has 0 fully saturated rings. The Morgan fingerprint density at radius 2 is 2.21 bits per heavy atom. The normalized spacial score (nSPS) is 10.6. The standard InChI is InChI=1S/C13H15N3O3/c1-2-15(8-9-17)12-6-5-11(16(18)19)10-4-3-7-14-13(10)12/h3-7,17H,2,8-9H2,1H3. The predicted molar refractivity (Wildman–Crippen MR) is 73.4 cm³/mol. The van der Waals surface area contributed by atoms with Crippen molar-refractivity contribution in [3.05, 3.63) is 40.6 Å². The molecule has 0 aliphatic rings. The van der Waals surface area contributed by atoms with E-state index < -0.39 is 4.92 Å². The number of aliphatic hydroxyl groups is 1. The molecule has 0 saturated carbocycles. The van der Waals surface area contributed by atoms with Crippen LogP contribution >= 0.6 is 0 Å². The lowest BCUT2D eigenvalue weighted by Gasteiger charge is -2.22. The van der Waals surface area contributed by atoms with E-state index in [1.165, 1.54) is 6.07 Å². The molecule has 2 aromatic rings. The third kappa shape index (κ3) is 2.48. The lowest BCUT2D eigenvalue weighted by molar-refractivity contribution is -0.383. The molecular formula is C13H15N3O3. The van der Waals surface area contributed by atoms with Crippen molar-refractivity contribution in [2.45, 2.75) is 6.92 Å². The molecule has 0 radical (unpaired) electrons. The molecule has 2 rings (SSSR count). The first-order valence-corrected chi connectivity index (χ1v) is 6.07. The van der Waals surface area contributed by atoms with Crippen LogP contribution in [-0.2, 0) is 0 Å². The molecule has 0 atom stereocenters. The third-order valence-corrected chi connectivity index (χ3v) is 3.01. The first-order chi connectivity index (χ1) is 9.19. The Morgan fingerprint density at radius 1 is 1.42 bits per heavy atom. The topological polar surface area (TPSA) is 79.5 Å². The van der Waals surface area contributed by atoms with E-state index in [9.17, 15) is 10.1 Å². The number of non-ortho nitro benzene ring substituents is 1. The van der Waals surface area contributed by atoms with Crippen LogP contribution in [0, 0.1) is 10.1 Å². The summed E-state index contributed by atoms with van der Waals surface area (Å²) in [6.45, 7) is 3.16. The molecular weight excluding hydrogens is 246 g/mol. The van der Waals surface area contributed by atoms with Crippen LogP contribution in [0.5, 0.6) is 0 Å². The van der Waals surface area contributed by atoms with E-state index in [4.69, 9.17) is 5.11 Å². The zero-order valence-electron chi connectivity index (χ0n) is 10.6. The highest BCUT2D eigenvalue weighted by atomic mass is 16.6. The number of aromatic nitrogens is 1. The van der Waals surface area contributed by atoms with Gasteiger partial charge in [0.05, 0.1) is 22.6 Å². The van der Waals surface area contributed by atoms with Crippen LogP contribution in [-0.4, -0.2) is 34.7 Å². The minimum Gasteiger partial charge on any atom is -0.395 e. The van der Waals surface area contributed by atoms with E-state index in [2.05, 4.69) is 4.98 Å². The van der Waals surface area contributed by atoms with Crippen molar-refractivity contribution in [1.29, 1.82) is 0 Å². The summed E-state index contributed by atoms with van der Waals surface area (Å²) in [5.41, 5.74) is 1.44. The molecule has 6 heteroatoms. The zero-order valence-corrected chi connectivity index (χ0v) is 10.6. The SMILES string of the molecule is CCN(CCO)c1ccc([N+](=O)[O-])c2cccnc12. The molecule has 1 heterocycles. The fraction of sp³-hybridized carbons (Fsp3) is 0.308. The number of nitro benzene ring substituents is 1. The molecule has 0 bridgehead atoms. The van der Waals surface area contributed by atoms with E-state index in [0.717, 1.165) is 5.69 Å². The summed E-state index contributed by atoms with van der Waals surface area (Å²) in [6.07, 6.45) is 1.61. The number of pyridine rings is 1. The second-order valence-corrected chi connectivity index (χ2v) is 4.06. The van der Waals surface area contributed by atoms with Gasteiger partial charge in [-0.2, -0.15) is 0 Å². The van der Waals surface area contributed by atoms with Gasteiger partial charge < -0.3 is 10.0 Å². The number of aliphatic hydroxyl groups excluding tert-OH is 1. The van der Waals surface area contributed by atoms with E-state index in [0.29, 0.717) is 24.0 Å². The van der Waals surface area contributed by atoms with Crippen molar-refractivity contribution in [2.24, 2.45) is 0 Å². The molecule has 0 saturated heterocycles. The highest BCUT2D eigenvalue weighted by Crippen LogP contribution is 2.31. The molecule has 0 unspecified atom stereocenters. The van der Waals surface area contributed by atoms with Crippen LogP contribution < -0.4 is 4.90 Å². The van der Waals surface area contributed by atoms with E-state index >= 15 is 0 Å². The molecule has 1 aromatic carbocycles. The third-order valence-electron chi connectivity index (χ3n) is 3.01. The van der Waals surface area contributed by atoms with Gasteiger partial charge in [-0.05, 0) is 25.1 Å². The number of nitro groups is 1. The predicted octanol–water partition coefficient (Wildman–Crippen LogP) is 1.96. The van der Waals surface area contributed by atoms with Crippen molar-refractivity contribution in [1.82, 2.24) is 4.98 Å². The van der Waals surface area contributed by atoms with Gasteiger partial charge in [-0.3, -0.25) is 15.1 Å². The number of anilines is 1. The number of fused-ring (bicyclic) bond motifs is 1. The molecule has 1 N–H and O–H groups in total. The van der Waals surface area contributed by atoms with Gasteiger partial charge in [0.25, 0.3) is 5.69 Å². The summed E-state index contributed by atoms with van der Waals surface area (Å²) in [5.74, 6) is 0. The summed E-state index contributed by atoms with van der Waals surface area (Å²) < 4.78 is 0. The second-order valence-electron chi connectivity index (χ2n) is 4.06. The Bertz CT molecular complexity index is 601. The average Bonchev–Trinajstić information content (AvgIpc) is 2.43. The Balaban J connectivity index is 2.64. The maximum Gasteiger partial charge on any atom is 0.278 e. The van der Waals surface area contributed by atoms with E-state index in [1.54, 1.807) is 24.4 Å². The maximum absolute atomic E-state index is 11.0. The quantitative estimate of drug-likeness (QED) is 0.657. The van der Waals surface area contributed by atoms with Crippen LogP contribution in [0.25, 0.3) is 10.9 Å². The van der Waals surface area contributed by atoms with Crippen molar-refractivity contribution in [3.8, 4) is 0 Å². The lowest BCUT2D eigenvalue weighted by atomic mass is 10.1. The van der Waals surface area contributed by atoms with Gasteiger partial charge in [-0.25, -0.2) is 0 Å². The molecule has 0 amide bonds. The van der Waals surface area contributed by atoms with Crippen molar-refractivity contribution in [2.75, 3.05) is 24.6 Å². The number of nitrogens with zero attached hydrogens (tertiary/aromatic N) is 3. The fourth-order valence-electron chi connectivity index (χ4n) is 2.13. The van der Waals surface area contributed by atoms with Gasteiger partial charge in [0.15, 0.2) is 0 Å². The number of benzene rings is 1. The smallest absolute Gasteiger partial charge is 0.278 e. The Kier molecular flexibility index (Phi) is 3.91. The number of likely N-dealkylation sites (N-methyl/N-ethyl adjacent to an activating group) is 1. The fourth-order valence-corrected chi connectivity index (χ4v) is 2.13. The number of hydrogen-bond acceptors (Lipinski definition) is 5. The van der Waals surface area contributed by atoms with E-state index in [1.807, 2.05) is 11.8 Å². The molecule has 19 heavy (non-hydrogen) atoms. The lowest BCUT2D eigenvalue weighted by Crippen LogP contribution is -2.26. The Morgan fingerprint density at radius 3 is 2.84 bits per heavy atom. The summed E-state index contributed by atoms with van der Waals surface area (Å²) in [5, 5.41) is 20.6. The summed E-state index contributed by atoms with van der Waals surface area (Å²) in [4.78, 5) is 16.8. The van der Waals surface area contributed by atoms with Gasteiger partial charge in [0.2, 0.25) is 0 Å². The van der Waals surface area contributed by atoms with E-state index in [-0.39, 0.29) is 12.3 Å². The molecule has 6 nitrogen and oxygen atoms in total. The second kappa shape index (κ2) is 5.62. The molecule has 0 spiro atoms. The minimum atomic E-state index is -0.407. The number of hydrogen-bond donors (Lipinski definition) is 1. The summed E-state index contributed by atoms with van der Waals surface area (Å²) in [7, 11) is 0.